The number of likely N-dealkylation sites (tertiary alicyclic amines) is 1. The lowest BCUT2D eigenvalue weighted by Crippen LogP contribution is -2.51. The molecule has 210 valence electrons. The molecule has 9 heteroatoms. The van der Waals surface area contributed by atoms with Crippen LogP contribution < -0.4 is 9.84 Å². The number of nitrogens with zero attached hydrogens (tertiary/aromatic N) is 3. The number of fused-ring (bicyclic) bond motifs is 1. The second-order valence-electron chi connectivity index (χ2n) is 10.8. The summed E-state index contributed by atoms with van der Waals surface area (Å²) in [4.78, 5) is 44.6. The summed E-state index contributed by atoms with van der Waals surface area (Å²) in [5.41, 5.74) is 3.84. The quantitative estimate of drug-likeness (QED) is 0.392. The fourth-order valence-electron chi connectivity index (χ4n) is 5.87. The second kappa shape index (κ2) is 11.5. The van der Waals surface area contributed by atoms with E-state index in [4.69, 9.17) is 16.3 Å². The lowest BCUT2D eigenvalue weighted by atomic mass is 9.89. The molecule has 41 heavy (non-hydrogen) atoms. The van der Waals surface area contributed by atoms with Crippen LogP contribution in [0.3, 0.4) is 0 Å². The molecular weight excluding hydrogens is 542 g/mol. The standard InChI is InChI=1S/C32H30ClN3O5/c33-24-10-8-22(9-11-24)23-14-16-35(17-15-23)18-20-4-6-21(7-5-20)19-41-27-3-1-2-25-29(27)32(40)36(31(25)39)26-12-13-28(37)34-30(26)38/h1-11,23,26H,12-19H2,(H,34,37,38)/p-1. The van der Waals surface area contributed by atoms with Gasteiger partial charge in [-0.05, 0) is 85.1 Å². The second-order valence-corrected chi connectivity index (χ2v) is 11.2. The summed E-state index contributed by atoms with van der Waals surface area (Å²) >= 11 is 6.03. The molecule has 0 spiro atoms. The number of imide groups is 1. The van der Waals surface area contributed by atoms with Crippen LogP contribution in [0.5, 0.6) is 5.75 Å². The van der Waals surface area contributed by atoms with Crippen molar-refractivity contribution in [1.82, 2.24) is 9.80 Å². The molecule has 3 aromatic carbocycles. The largest absolute Gasteiger partial charge is 0.860 e. The van der Waals surface area contributed by atoms with E-state index >= 15 is 0 Å². The highest BCUT2D eigenvalue weighted by atomic mass is 35.5. The zero-order valence-electron chi connectivity index (χ0n) is 22.4. The number of carbonyl (C=O) groups excluding carboxylic acids is 3. The van der Waals surface area contributed by atoms with E-state index in [1.807, 2.05) is 24.3 Å². The van der Waals surface area contributed by atoms with Gasteiger partial charge in [0.05, 0.1) is 17.2 Å². The van der Waals surface area contributed by atoms with Crippen LogP contribution in [-0.2, 0) is 17.9 Å². The van der Waals surface area contributed by atoms with Crippen molar-refractivity contribution in [3.63, 3.8) is 0 Å². The Balaban J connectivity index is 1.06. The average Bonchev–Trinajstić information content (AvgIpc) is 3.23. The van der Waals surface area contributed by atoms with Crippen LogP contribution in [0.1, 0.15) is 69.0 Å². The smallest absolute Gasteiger partial charge is 0.265 e. The maximum absolute atomic E-state index is 13.3. The first-order valence-electron chi connectivity index (χ1n) is 13.8. The number of amides is 3. The molecule has 0 saturated carbocycles. The van der Waals surface area contributed by atoms with Crippen molar-refractivity contribution in [2.24, 2.45) is 4.99 Å². The number of hydrogen-bond donors (Lipinski definition) is 0. The predicted octanol–water partition coefficient (Wildman–Crippen LogP) is 4.34. The molecule has 8 nitrogen and oxygen atoms in total. The van der Waals surface area contributed by atoms with Crippen molar-refractivity contribution in [1.29, 1.82) is 0 Å². The van der Waals surface area contributed by atoms with Gasteiger partial charge in [-0.2, -0.15) is 0 Å². The van der Waals surface area contributed by atoms with Gasteiger partial charge in [-0.1, -0.05) is 54.1 Å². The van der Waals surface area contributed by atoms with Crippen LogP contribution in [0, 0.1) is 0 Å². The highest BCUT2D eigenvalue weighted by Crippen LogP contribution is 2.34. The Morgan fingerprint density at radius 2 is 1.59 bits per heavy atom. The van der Waals surface area contributed by atoms with Gasteiger partial charge in [0.2, 0.25) is 5.91 Å². The molecule has 1 unspecified atom stereocenters. The molecule has 1 atom stereocenters. The third kappa shape index (κ3) is 5.62. The van der Waals surface area contributed by atoms with Crippen molar-refractivity contribution in [3.8, 4) is 5.75 Å². The Morgan fingerprint density at radius 1 is 0.878 bits per heavy atom. The highest BCUT2D eigenvalue weighted by molar-refractivity contribution is 6.30. The number of carbonyl (C=O) groups is 3. The first-order chi connectivity index (χ1) is 19.9. The lowest BCUT2D eigenvalue weighted by molar-refractivity contribution is -0.224. The molecule has 1 saturated heterocycles. The van der Waals surface area contributed by atoms with Crippen LogP contribution in [0.4, 0.5) is 0 Å². The fraction of sp³-hybridized carbons (Fsp3) is 0.312. The van der Waals surface area contributed by atoms with Gasteiger partial charge in [-0.15, -0.1) is 0 Å². The first-order valence-corrected chi connectivity index (χ1v) is 14.2. The SMILES string of the molecule is O=C1CCC(N2C(=O)c3cccc(OCc4ccc(CN5CCC(c6ccc(Cl)cc6)CC5)cc4)c3C2=O)C([O-])=N1. The Kier molecular flexibility index (Phi) is 7.60. The van der Waals surface area contributed by atoms with Gasteiger partial charge < -0.3 is 9.84 Å². The fourth-order valence-corrected chi connectivity index (χ4v) is 6.00. The number of ether oxygens (including phenoxy) is 1. The Morgan fingerprint density at radius 3 is 2.29 bits per heavy atom. The summed E-state index contributed by atoms with van der Waals surface area (Å²) < 4.78 is 6.00. The van der Waals surface area contributed by atoms with Gasteiger partial charge in [0.25, 0.3) is 11.8 Å². The topological polar surface area (TPSA) is 102 Å². The van der Waals surface area contributed by atoms with Crippen molar-refractivity contribution >= 4 is 35.2 Å². The highest BCUT2D eigenvalue weighted by Gasteiger charge is 2.43. The molecule has 3 aromatic rings. The van der Waals surface area contributed by atoms with Crippen molar-refractivity contribution < 1.29 is 24.2 Å². The molecule has 3 heterocycles. The van der Waals surface area contributed by atoms with Crippen LogP contribution in [0.25, 0.3) is 0 Å². The predicted molar refractivity (Wildman–Crippen MR) is 152 cm³/mol. The molecule has 0 radical (unpaired) electrons. The summed E-state index contributed by atoms with van der Waals surface area (Å²) in [6.07, 6.45) is 2.34. The molecule has 0 bridgehead atoms. The number of hydrogen-bond acceptors (Lipinski definition) is 6. The Bertz CT molecular complexity index is 1510. The molecule has 3 amide bonds. The van der Waals surface area contributed by atoms with Gasteiger partial charge in [-0.3, -0.25) is 24.2 Å². The third-order valence-electron chi connectivity index (χ3n) is 8.12. The molecular formula is C32H29ClN3O5-. The average molecular weight is 571 g/mol. The molecule has 0 N–H and O–H groups in total. The molecule has 0 aliphatic carbocycles. The van der Waals surface area contributed by atoms with E-state index in [0.29, 0.717) is 5.92 Å². The summed E-state index contributed by atoms with van der Waals surface area (Å²) in [6, 6.07) is 20.2. The van der Waals surface area contributed by atoms with E-state index in [9.17, 15) is 19.5 Å². The molecule has 6 rings (SSSR count). The van der Waals surface area contributed by atoms with Gasteiger partial charge >= 0.3 is 0 Å². The van der Waals surface area contributed by atoms with E-state index in [1.54, 1.807) is 18.2 Å². The van der Waals surface area contributed by atoms with Gasteiger partial charge in [-0.25, -0.2) is 4.99 Å². The third-order valence-corrected chi connectivity index (χ3v) is 8.38. The van der Waals surface area contributed by atoms with E-state index in [2.05, 4.69) is 34.2 Å². The number of piperidine rings is 1. The van der Waals surface area contributed by atoms with Gasteiger partial charge in [0.15, 0.2) is 0 Å². The molecule has 3 aliphatic rings. The Labute approximate surface area is 243 Å². The van der Waals surface area contributed by atoms with Crippen molar-refractivity contribution in [3.05, 3.63) is 99.6 Å². The molecule has 0 aromatic heterocycles. The maximum atomic E-state index is 13.3. The minimum absolute atomic E-state index is 0.0187. The van der Waals surface area contributed by atoms with E-state index in [1.165, 1.54) is 11.1 Å². The minimum Gasteiger partial charge on any atom is -0.860 e. The van der Waals surface area contributed by atoms with Crippen LogP contribution >= 0.6 is 11.6 Å². The Hall–Kier alpha value is -4.01. The zero-order chi connectivity index (χ0) is 28.5. The number of benzene rings is 3. The number of halogens is 1. The van der Waals surface area contributed by atoms with Gasteiger partial charge in [0.1, 0.15) is 12.4 Å². The van der Waals surface area contributed by atoms with Crippen LogP contribution in [0.2, 0.25) is 5.02 Å². The first kappa shape index (κ1) is 27.2. The number of rotatable bonds is 7. The normalized spacial score (nSPS) is 19.8. The zero-order valence-corrected chi connectivity index (χ0v) is 23.2. The summed E-state index contributed by atoms with van der Waals surface area (Å²) in [5, 5.41) is 13.1. The summed E-state index contributed by atoms with van der Waals surface area (Å²) in [5.74, 6) is -1.61. The summed E-state index contributed by atoms with van der Waals surface area (Å²) in [7, 11) is 0. The van der Waals surface area contributed by atoms with E-state index in [0.717, 1.165) is 48.0 Å². The van der Waals surface area contributed by atoms with Gasteiger partial charge in [0, 0.05) is 18.0 Å². The molecule has 1 fully saturated rings. The monoisotopic (exact) mass is 570 g/mol. The van der Waals surface area contributed by atoms with Crippen molar-refractivity contribution in [2.75, 3.05) is 13.1 Å². The van der Waals surface area contributed by atoms with Crippen molar-refractivity contribution in [2.45, 2.75) is 50.8 Å². The molecule has 3 aliphatic heterocycles. The summed E-state index contributed by atoms with van der Waals surface area (Å²) in [6.45, 7) is 3.18. The lowest BCUT2D eigenvalue weighted by Gasteiger charge is -2.32. The van der Waals surface area contributed by atoms with E-state index in [-0.39, 0.29) is 36.3 Å². The maximum Gasteiger partial charge on any atom is 0.265 e. The number of aliphatic imine (C=N–C) groups is 1. The van der Waals surface area contributed by atoms with Crippen LogP contribution in [0.15, 0.2) is 71.7 Å². The van der Waals surface area contributed by atoms with Crippen LogP contribution in [-0.4, -0.2) is 52.6 Å². The van der Waals surface area contributed by atoms with E-state index < -0.39 is 29.7 Å². The minimum atomic E-state index is -1.07.